The first-order valence-corrected chi connectivity index (χ1v) is 9.80. The molecule has 1 atom stereocenters. The Morgan fingerprint density at radius 1 is 1.06 bits per heavy atom. The van der Waals surface area contributed by atoms with Gasteiger partial charge in [0, 0.05) is 5.57 Å². The van der Waals surface area contributed by atoms with Gasteiger partial charge in [0.25, 0.3) is 0 Å². The number of alkyl carbamates (subject to hydrolysis) is 1. The van der Waals surface area contributed by atoms with Crippen LogP contribution in [0.4, 0.5) is 4.79 Å². The van der Waals surface area contributed by atoms with Crippen LogP contribution in [0.1, 0.15) is 28.9 Å². The first-order chi connectivity index (χ1) is 15.5. The Hall–Kier alpha value is -4.34. The molecule has 0 bridgehead atoms. The van der Waals surface area contributed by atoms with Crippen LogP contribution in [-0.2, 0) is 27.5 Å². The van der Waals surface area contributed by atoms with Gasteiger partial charge in [-0.15, -0.1) is 10.2 Å². The number of rotatable bonds is 9. The lowest BCUT2D eigenvalue weighted by molar-refractivity contribution is -0.139. The Morgan fingerprint density at radius 2 is 1.81 bits per heavy atom. The normalized spacial score (nSPS) is 12.7. The van der Waals surface area contributed by atoms with Crippen molar-refractivity contribution < 1.29 is 24.2 Å². The number of benzene rings is 2. The van der Waals surface area contributed by atoms with E-state index in [4.69, 9.17) is 9.84 Å². The number of aliphatic carboxylic acids is 1. The monoisotopic (exact) mass is 433 g/mol. The number of aromatic nitrogens is 4. The largest absolute Gasteiger partial charge is 0.481 e. The standard InChI is InChI=1S/C22H19N5O5/c28-19(12-27-25-21(24-26-27)17-10-15-8-4-5-9-16(15)17)18(11-20(29)30)23-22(31)32-13-14-6-2-1-3-7-14/h1-10,18H,11-13H2,(H,23,31)(H,29,30). The molecule has 162 valence electrons. The van der Waals surface area contributed by atoms with E-state index in [2.05, 4.69) is 20.7 Å². The number of hydrogen-bond acceptors (Lipinski definition) is 7. The van der Waals surface area contributed by atoms with Gasteiger partial charge in [0.05, 0.1) is 6.42 Å². The van der Waals surface area contributed by atoms with Crippen molar-refractivity contribution in [3.63, 3.8) is 0 Å². The van der Waals surface area contributed by atoms with E-state index in [1.807, 2.05) is 36.4 Å². The summed E-state index contributed by atoms with van der Waals surface area (Å²) in [5, 5.41) is 23.5. The van der Waals surface area contributed by atoms with Crippen LogP contribution in [0.15, 0.2) is 54.6 Å². The lowest BCUT2D eigenvalue weighted by atomic mass is 9.88. The van der Waals surface area contributed by atoms with Gasteiger partial charge < -0.3 is 15.2 Å². The smallest absolute Gasteiger partial charge is 0.408 e. The van der Waals surface area contributed by atoms with Crippen LogP contribution in [0.25, 0.3) is 11.6 Å². The Balaban J connectivity index is 1.36. The van der Waals surface area contributed by atoms with Crippen molar-refractivity contribution in [2.45, 2.75) is 25.6 Å². The number of tetrazole rings is 1. The van der Waals surface area contributed by atoms with Gasteiger partial charge in [-0.05, 0) is 28.0 Å². The van der Waals surface area contributed by atoms with E-state index in [0.29, 0.717) is 5.82 Å². The fourth-order valence-corrected chi connectivity index (χ4v) is 3.20. The van der Waals surface area contributed by atoms with Crippen LogP contribution in [0, 0.1) is 0 Å². The number of ether oxygens (including phenoxy) is 1. The zero-order chi connectivity index (χ0) is 22.5. The Morgan fingerprint density at radius 3 is 2.56 bits per heavy atom. The van der Waals surface area contributed by atoms with E-state index < -0.39 is 30.3 Å². The second kappa shape index (κ2) is 9.21. The van der Waals surface area contributed by atoms with E-state index in [-0.39, 0.29) is 13.2 Å². The molecule has 0 radical (unpaired) electrons. The highest BCUT2D eigenvalue weighted by molar-refractivity contribution is 6.01. The van der Waals surface area contributed by atoms with E-state index >= 15 is 0 Å². The first kappa shape index (κ1) is 20.9. The fraction of sp³-hybridized carbons (Fsp3) is 0.182. The topological polar surface area (TPSA) is 136 Å². The van der Waals surface area contributed by atoms with Crippen LogP contribution >= 0.6 is 0 Å². The molecule has 2 N–H and O–H groups in total. The summed E-state index contributed by atoms with van der Waals surface area (Å²) in [5.74, 6) is -1.47. The Kier molecular flexibility index (Phi) is 6.02. The van der Waals surface area contributed by atoms with Gasteiger partial charge in [0.2, 0.25) is 5.82 Å². The van der Waals surface area contributed by atoms with E-state index in [0.717, 1.165) is 27.1 Å². The molecular weight excluding hydrogens is 414 g/mol. The predicted octanol–water partition coefficient (Wildman–Crippen LogP) is 1.91. The van der Waals surface area contributed by atoms with Crippen molar-refractivity contribution in [2.24, 2.45) is 0 Å². The van der Waals surface area contributed by atoms with Crippen LogP contribution in [0.2, 0.25) is 0 Å². The molecule has 0 aliphatic heterocycles. The molecule has 0 saturated carbocycles. The van der Waals surface area contributed by atoms with Gasteiger partial charge >= 0.3 is 12.1 Å². The molecular formula is C22H19N5O5. The number of carboxylic acids is 1. The minimum Gasteiger partial charge on any atom is -0.481 e. The van der Waals surface area contributed by atoms with Gasteiger partial charge in [-0.3, -0.25) is 9.59 Å². The number of carbonyl (C=O) groups excluding carboxylic acids is 2. The molecule has 32 heavy (non-hydrogen) atoms. The molecule has 1 aliphatic carbocycles. The molecule has 3 aromatic rings. The fourth-order valence-electron chi connectivity index (χ4n) is 3.20. The summed E-state index contributed by atoms with van der Waals surface area (Å²) in [7, 11) is 0. The summed E-state index contributed by atoms with van der Waals surface area (Å²) in [4.78, 5) is 37.0. The average Bonchev–Trinajstić information content (AvgIpc) is 3.20. The molecule has 4 rings (SSSR count). The van der Waals surface area contributed by atoms with Crippen molar-refractivity contribution in [1.29, 1.82) is 0 Å². The Labute approximate surface area is 182 Å². The molecule has 1 heterocycles. The minimum absolute atomic E-state index is 0.00870. The highest BCUT2D eigenvalue weighted by Gasteiger charge is 2.26. The molecule has 1 aliphatic rings. The second-order valence-corrected chi connectivity index (χ2v) is 7.11. The Bertz CT molecular complexity index is 1190. The lowest BCUT2D eigenvalue weighted by Gasteiger charge is -2.16. The number of carboxylic acid groups (broad SMARTS) is 1. The van der Waals surface area contributed by atoms with Gasteiger partial charge in [0.1, 0.15) is 19.2 Å². The third kappa shape index (κ3) is 4.86. The van der Waals surface area contributed by atoms with Crippen molar-refractivity contribution in [3.05, 3.63) is 77.1 Å². The van der Waals surface area contributed by atoms with Crippen molar-refractivity contribution in [3.8, 4) is 0 Å². The quantitative estimate of drug-likeness (QED) is 0.408. The van der Waals surface area contributed by atoms with Gasteiger partial charge in [0.15, 0.2) is 5.78 Å². The zero-order valence-corrected chi connectivity index (χ0v) is 16.8. The van der Waals surface area contributed by atoms with E-state index in [1.54, 1.807) is 24.3 Å². The molecule has 10 nitrogen and oxygen atoms in total. The predicted molar refractivity (Wildman–Crippen MR) is 112 cm³/mol. The number of ketones is 1. The molecule has 1 amide bonds. The van der Waals surface area contributed by atoms with Gasteiger partial charge in [-0.25, -0.2) is 4.79 Å². The maximum absolute atomic E-state index is 12.6. The number of nitrogens with one attached hydrogen (secondary N) is 1. The number of nitrogens with zero attached hydrogens (tertiary/aromatic N) is 4. The maximum atomic E-state index is 12.6. The summed E-state index contributed by atoms with van der Waals surface area (Å²) in [6, 6.07) is 15.4. The maximum Gasteiger partial charge on any atom is 0.408 e. The van der Waals surface area contributed by atoms with Gasteiger partial charge in [-0.2, -0.15) is 4.80 Å². The second-order valence-electron chi connectivity index (χ2n) is 7.11. The van der Waals surface area contributed by atoms with Gasteiger partial charge in [-0.1, -0.05) is 54.6 Å². The molecule has 1 unspecified atom stereocenters. The third-order valence-corrected chi connectivity index (χ3v) is 4.81. The van der Waals surface area contributed by atoms with E-state index in [1.165, 1.54) is 0 Å². The summed E-state index contributed by atoms with van der Waals surface area (Å²) < 4.78 is 5.08. The molecule has 0 spiro atoms. The average molecular weight is 433 g/mol. The van der Waals surface area contributed by atoms with Crippen LogP contribution in [0.5, 0.6) is 0 Å². The summed E-state index contributed by atoms with van der Waals surface area (Å²) in [6.07, 6.45) is 0.423. The van der Waals surface area contributed by atoms with Crippen LogP contribution in [-0.4, -0.2) is 49.2 Å². The number of carbonyl (C=O) groups is 3. The molecule has 1 aromatic heterocycles. The SMILES string of the molecule is O=C(O)CC(NC(=O)OCc1ccccc1)C(=O)Cn1nnc(C2=Cc3ccccc32)n1. The number of hydrogen-bond donors (Lipinski definition) is 2. The minimum atomic E-state index is -1.30. The molecule has 10 heteroatoms. The highest BCUT2D eigenvalue weighted by atomic mass is 16.5. The van der Waals surface area contributed by atoms with Crippen LogP contribution in [0.3, 0.4) is 0 Å². The zero-order valence-electron chi connectivity index (χ0n) is 16.8. The van der Waals surface area contributed by atoms with Crippen LogP contribution < -0.4 is 5.32 Å². The number of amides is 1. The third-order valence-electron chi connectivity index (χ3n) is 4.81. The summed E-state index contributed by atoms with van der Waals surface area (Å²) >= 11 is 0. The number of fused-ring (bicyclic) bond motifs is 1. The van der Waals surface area contributed by atoms with E-state index in [9.17, 15) is 14.4 Å². The summed E-state index contributed by atoms with van der Waals surface area (Å²) in [6.45, 7) is -0.357. The first-order valence-electron chi connectivity index (χ1n) is 9.80. The molecule has 0 saturated heterocycles. The number of Topliss-reactive ketones (excluding diaryl/α,β-unsaturated/α-hetero) is 1. The lowest BCUT2D eigenvalue weighted by Crippen LogP contribution is -2.44. The van der Waals surface area contributed by atoms with Crippen molar-refractivity contribution >= 4 is 29.5 Å². The van der Waals surface area contributed by atoms with Crippen molar-refractivity contribution in [2.75, 3.05) is 0 Å². The highest BCUT2D eigenvalue weighted by Crippen LogP contribution is 2.34. The molecule has 2 aromatic carbocycles. The van der Waals surface area contributed by atoms with Crippen molar-refractivity contribution in [1.82, 2.24) is 25.5 Å². The summed E-state index contributed by atoms with van der Waals surface area (Å²) in [5.41, 5.74) is 3.62. The molecule has 0 fully saturated rings.